The van der Waals surface area contributed by atoms with Gasteiger partial charge >= 0.3 is 12.1 Å². The van der Waals surface area contributed by atoms with Gasteiger partial charge in [-0.1, -0.05) is 75.7 Å². The zero-order chi connectivity index (χ0) is 24.5. The van der Waals surface area contributed by atoms with Crippen molar-refractivity contribution >= 4 is 18.0 Å². The van der Waals surface area contributed by atoms with Crippen molar-refractivity contribution < 1.29 is 24.2 Å². The van der Waals surface area contributed by atoms with Gasteiger partial charge in [0.25, 0.3) is 0 Å². The van der Waals surface area contributed by atoms with Gasteiger partial charge in [-0.15, -0.1) is 0 Å². The highest BCUT2D eigenvalue weighted by atomic mass is 16.5. The number of nitrogens with one attached hydrogen (secondary N) is 2. The van der Waals surface area contributed by atoms with E-state index in [4.69, 9.17) is 4.74 Å². The molecular weight excluding hydrogens is 432 g/mol. The molecule has 0 spiro atoms. The van der Waals surface area contributed by atoms with E-state index < -0.39 is 35.5 Å². The number of hydrogen-bond donors (Lipinski definition) is 3. The summed E-state index contributed by atoms with van der Waals surface area (Å²) in [5.41, 5.74) is 3.83. The van der Waals surface area contributed by atoms with Gasteiger partial charge in [-0.2, -0.15) is 0 Å². The van der Waals surface area contributed by atoms with Crippen molar-refractivity contribution in [3.63, 3.8) is 0 Å². The topological polar surface area (TPSA) is 105 Å². The number of carbonyl (C=O) groups excluding carboxylic acids is 2. The van der Waals surface area contributed by atoms with Gasteiger partial charge in [0, 0.05) is 5.92 Å². The lowest BCUT2D eigenvalue weighted by Crippen LogP contribution is -2.58. The van der Waals surface area contributed by atoms with Gasteiger partial charge in [-0.25, -0.2) is 9.59 Å². The first kappa shape index (κ1) is 23.8. The van der Waals surface area contributed by atoms with E-state index >= 15 is 0 Å². The van der Waals surface area contributed by atoms with Crippen LogP contribution in [0.15, 0.2) is 48.5 Å². The monoisotopic (exact) mass is 464 g/mol. The number of alkyl carbamates (subject to hydrolysis) is 1. The van der Waals surface area contributed by atoms with Gasteiger partial charge in [0.1, 0.15) is 18.7 Å². The Labute approximate surface area is 199 Å². The number of rotatable bonds is 7. The Bertz CT molecular complexity index is 1040. The Morgan fingerprint density at radius 1 is 0.971 bits per heavy atom. The maximum absolute atomic E-state index is 13.0. The minimum Gasteiger partial charge on any atom is -0.480 e. The van der Waals surface area contributed by atoms with Crippen molar-refractivity contribution in [3.8, 4) is 11.1 Å². The zero-order valence-electron chi connectivity index (χ0n) is 19.8. The third kappa shape index (κ3) is 4.79. The molecule has 7 heteroatoms. The molecule has 0 bridgehead atoms. The van der Waals surface area contributed by atoms with Crippen molar-refractivity contribution in [1.29, 1.82) is 0 Å². The summed E-state index contributed by atoms with van der Waals surface area (Å²) in [6, 6.07) is 14.2. The van der Waals surface area contributed by atoms with Gasteiger partial charge in [0.05, 0.1) is 0 Å². The number of fused-ring (bicyclic) bond motifs is 3. The second-order valence-corrected chi connectivity index (χ2v) is 10.3. The summed E-state index contributed by atoms with van der Waals surface area (Å²) in [7, 11) is 0. The van der Waals surface area contributed by atoms with E-state index in [0.29, 0.717) is 0 Å². The van der Waals surface area contributed by atoms with Crippen LogP contribution in [-0.2, 0) is 14.3 Å². The molecule has 0 aromatic heterocycles. The van der Waals surface area contributed by atoms with Crippen LogP contribution in [0.5, 0.6) is 0 Å². The number of hydrogen-bond acceptors (Lipinski definition) is 4. The summed E-state index contributed by atoms with van der Waals surface area (Å²) in [6.07, 6.45) is 1.81. The number of aliphatic carboxylic acids is 1. The van der Waals surface area contributed by atoms with Crippen molar-refractivity contribution in [2.45, 2.75) is 58.0 Å². The summed E-state index contributed by atoms with van der Waals surface area (Å²) in [6.45, 7) is 5.60. The minimum atomic E-state index is -1.05. The van der Waals surface area contributed by atoms with Crippen molar-refractivity contribution in [3.05, 3.63) is 59.7 Å². The molecule has 2 aromatic carbocycles. The second kappa shape index (κ2) is 9.49. The summed E-state index contributed by atoms with van der Waals surface area (Å²) in [5.74, 6) is -1.72. The van der Waals surface area contributed by atoms with Gasteiger partial charge in [0.15, 0.2) is 0 Å². The molecule has 2 aliphatic carbocycles. The number of carboxylic acid groups (broad SMARTS) is 1. The summed E-state index contributed by atoms with van der Waals surface area (Å²) in [4.78, 5) is 37.5. The van der Waals surface area contributed by atoms with Gasteiger partial charge in [-0.3, -0.25) is 4.79 Å². The molecule has 7 nitrogen and oxygen atoms in total. The van der Waals surface area contributed by atoms with E-state index in [-0.39, 0.29) is 18.4 Å². The largest absolute Gasteiger partial charge is 0.480 e. The predicted molar refractivity (Wildman–Crippen MR) is 128 cm³/mol. The molecule has 0 saturated heterocycles. The molecule has 1 unspecified atom stereocenters. The van der Waals surface area contributed by atoms with E-state index in [1.165, 1.54) is 0 Å². The lowest BCUT2D eigenvalue weighted by molar-refractivity contribution is -0.145. The Balaban J connectivity index is 1.43. The Morgan fingerprint density at radius 3 is 2.00 bits per heavy atom. The quantitative estimate of drug-likeness (QED) is 0.566. The number of carbonyl (C=O) groups is 3. The lowest BCUT2D eigenvalue weighted by Gasteiger charge is -2.35. The van der Waals surface area contributed by atoms with Crippen LogP contribution in [0.1, 0.15) is 57.1 Å². The summed E-state index contributed by atoms with van der Waals surface area (Å²) < 4.78 is 5.60. The molecule has 4 rings (SSSR count). The number of benzene rings is 2. The van der Waals surface area contributed by atoms with E-state index in [2.05, 4.69) is 22.8 Å². The van der Waals surface area contributed by atoms with Crippen LogP contribution in [0, 0.1) is 11.3 Å². The maximum atomic E-state index is 13.0. The average Bonchev–Trinajstić information content (AvgIpc) is 3.07. The predicted octanol–water partition coefficient (Wildman–Crippen LogP) is 4.31. The van der Waals surface area contributed by atoms with E-state index in [1.807, 2.05) is 57.2 Å². The molecule has 34 heavy (non-hydrogen) atoms. The molecule has 2 aliphatic rings. The molecule has 180 valence electrons. The molecule has 1 fully saturated rings. The molecule has 0 heterocycles. The molecule has 2 atom stereocenters. The first-order chi connectivity index (χ1) is 16.2. The van der Waals surface area contributed by atoms with Crippen molar-refractivity contribution in [2.24, 2.45) is 11.3 Å². The molecule has 0 radical (unpaired) electrons. The third-order valence-corrected chi connectivity index (χ3v) is 6.92. The van der Waals surface area contributed by atoms with Gasteiger partial charge in [-0.05, 0) is 46.4 Å². The first-order valence-corrected chi connectivity index (χ1v) is 11.8. The Morgan fingerprint density at radius 2 is 1.53 bits per heavy atom. The van der Waals surface area contributed by atoms with E-state index in [9.17, 15) is 19.5 Å². The van der Waals surface area contributed by atoms with Crippen LogP contribution in [0.2, 0.25) is 0 Å². The minimum absolute atomic E-state index is 0.0727. The smallest absolute Gasteiger partial charge is 0.407 e. The Kier molecular flexibility index (Phi) is 6.64. The van der Waals surface area contributed by atoms with E-state index in [0.717, 1.165) is 41.5 Å². The van der Waals surface area contributed by atoms with Crippen molar-refractivity contribution in [1.82, 2.24) is 10.6 Å². The second-order valence-electron chi connectivity index (χ2n) is 10.3. The highest BCUT2D eigenvalue weighted by Crippen LogP contribution is 2.44. The molecular formula is C27H32N2O5. The highest BCUT2D eigenvalue weighted by molar-refractivity contribution is 5.90. The summed E-state index contributed by atoms with van der Waals surface area (Å²) in [5, 5.41) is 14.9. The average molecular weight is 465 g/mol. The standard InChI is InChI=1S/C27H32N2O5/c1-27(2,3)23(24(30)28-22(25(31)32)16-9-8-10-16)29-26(33)34-15-21-19-13-6-4-11-17(19)18-12-5-7-14-20(18)21/h4-7,11-14,16,21-23H,8-10,15H2,1-3H3,(H,28,30)(H,29,33)(H,31,32)/t22?,23-/m0/s1. The van der Waals surface area contributed by atoms with Crippen LogP contribution in [-0.4, -0.2) is 41.8 Å². The fraction of sp³-hybridized carbons (Fsp3) is 0.444. The van der Waals surface area contributed by atoms with Crippen LogP contribution < -0.4 is 10.6 Å². The van der Waals surface area contributed by atoms with Gasteiger partial charge < -0.3 is 20.5 Å². The molecule has 3 N–H and O–H groups in total. The highest BCUT2D eigenvalue weighted by Gasteiger charge is 2.39. The zero-order valence-corrected chi connectivity index (χ0v) is 19.8. The van der Waals surface area contributed by atoms with Crippen LogP contribution in [0.25, 0.3) is 11.1 Å². The molecule has 2 amide bonds. The number of ether oxygens (including phenoxy) is 1. The summed E-state index contributed by atoms with van der Waals surface area (Å²) >= 11 is 0. The molecule has 1 saturated carbocycles. The maximum Gasteiger partial charge on any atom is 0.407 e. The molecule has 0 aliphatic heterocycles. The number of carboxylic acids is 1. The van der Waals surface area contributed by atoms with Crippen LogP contribution in [0.3, 0.4) is 0 Å². The van der Waals surface area contributed by atoms with Gasteiger partial charge in [0.2, 0.25) is 5.91 Å². The fourth-order valence-corrected chi connectivity index (χ4v) is 4.82. The normalized spacial score (nSPS) is 17.0. The number of amides is 2. The SMILES string of the molecule is CC(C)(C)[C@@H](NC(=O)OCC1c2ccccc2-c2ccccc21)C(=O)NC(C(=O)O)C1CCC1. The lowest BCUT2D eigenvalue weighted by atomic mass is 9.79. The first-order valence-electron chi connectivity index (χ1n) is 11.8. The molecule has 2 aromatic rings. The van der Waals surface area contributed by atoms with Crippen LogP contribution in [0.4, 0.5) is 4.79 Å². The third-order valence-electron chi connectivity index (χ3n) is 6.92. The Hall–Kier alpha value is -3.35. The fourth-order valence-electron chi connectivity index (χ4n) is 4.82. The van der Waals surface area contributed by atoms with Crippen LogP contribution >= 0.6 is 0 Å². The van der Waals surface area contributed by atoms with E-state index in [1.54, 1.807) is 0 Å². The van der Waals surface area contributed by atoms with Crippen molar-refractivity contribution in [2.75, 3.05) is 6.61 Å².